The zero-order chi connectivity index (χ0) is 18.2. The molecule has 25 heavy (non-hydrogen) atoms. The van der Waals surface area contributed by atoms with Crippen molar-refractivity contribution in [2.75, 3.05) is 13.2 Å². The number of hydrogen-bond donors (Lipinski definition) is 1. The van der Waals surface area contributed by atoms with Gasteiger partial charge in [-0.1, -0.05) is 23.7 Å². The van der Waals surface area contributed by atoms with E-state index >= 15 is 0 Å². The number of rotatable bonds is 7. The van der Waals surface area contributed by atoms with Gasteiger partial charge >= 0.3 is 5.97 Å². The molecular formula is C19H20ClNO4. The van der Waals surface area contributed by atoms with Gasteiger partial charge in [-0.25, -0.2) is 4.79 Å². The van der Waals surface area contributed by atoms with E-state index in [-0.39, 0.29) is 18.6 Å². The van der Waals surface area contributed by atoms with E-state index < -0.39 is 5.97 Å². The van der Waals surface area contributed by atoms with E-state index in [2.05, 4.69) is 5.32 Å². The van der Waals surface area contributed by atoms with Gasteiger partial charge in [0.05, 0.1) is 18.2 Å². The Bertz CT molecular complexity index is 730. The fourth-order valence-electron chi connectivity index (χ4n) is 2.21. The molecule has 0 fully saturated rings. The van der Waals surface area contributed by atoms with E-state index in [9.17, 15) is 9.59 Å². The molecule has 6 heteroatoms. The molecule has 0 bridgehead atoms. The molecule has 0 saturated carbocycles. The molecule has 0 spiro atoms. The van der Waals surface area contributed by atoms with Crippen LogP contribution >= 0.6 is 11.6 Å². The van der Waals surface area contributed by atoms with Crippen LogP contribution in [-0.2, 0) is 9.53 Å². The topological polar surface area (TPSA) is 64.6 Å². The number of hydrogen-bond acceptors (Lipinski definition) is 4. The maximum Gasteiger partial charge on any atom is 0.338 e. The molecule has 1 N–H and O–H groups in total. The van der Waals surface area contributed by atoms with E-state index in [1.54, 1.807) is 36.4 Å². The van der Waals surface area contributed by atoms with Crippen LogP contribution in [0.5, 0.6) is 5.75 Å². The van der Waals surface area contributed by atoms with E-state index in [1.165, 1.54) is 0 Å². The molecular weight excluding hydrogens is 342 g/mol. The van der Waals surface area contributed by atoms with Crippen LogP contribution in [-0.4, -0.2) is 25.1 Å². The molecule has 0 unspecified atom stereocenters. The Morgan fingerprint density at radius 1 is 1.16 bits per heavy atom. The van der Waals surface area contributed by atoms with E-state index in [1.807, 2.05) is 26.0 Å². The Morgan fingerprint density at radius 2 is 1.88 bits per heavy atom. The minimum atomic E-state index is -0.561. The van der Waals surface area contributed by atoms with Crippen LogP contribution < -0.4 is 10.1 Å². The number of carbonyl (C=O) groups is 2. The minimum Gasteiger partial charge on any atom is -0.494 e. The van der Waals surface area contributed by atoms with Gasteiger partial charge in [-0.05, 0) is 55.8 Å². The highest BCUT2D eigenvalue weighted by molar-refractivity contribution is 6.30. The molecule has 0 saturated heterocycles. The van der Waals surface area contributed by atoms with Gasteiger partial charge in [-0.2, -0.15) is 0 Å². The Hall–Kier alpha value is -2.53. The van der Waals surface area contributed by atoms with Crippen molar-refractivity contribution in [3.05, 3.63) is 64.7 Å². The second-order valence-electron chi connectivity index (χ2n) is 5.38. The lowest BCUT2D eigenvalue weighted by atomic mass is 10.1. The standard InChI is InChI=1S/C19H20ClNO4/c1-3-24-17-9-7-14(8-10-17)19(23)25-12-18(22)21-13(2)15-5-4-6-16(20)11-15/h4-11,13H,3,12H2,1-2H3,(H,21,22)/t13-/m0/s1. The molecule has 2 aromatic carbocycles. The molecule has 0 aliphatic rings. The molecule has 1 amide bonds. The third-order valence-electron chi connectivity index (χ3n) is 3.46. The van der Waals surface area contributed by atoms with Gasteiger partial charge in [-0.3, -0.25) is 4.79 Å². The number of nitrogens with one attached hydrogen (secondary N) is 1. The summed E-state index contributed by atoms with van der Waals surface area (Å²) in [6, 6.07) is 13.5. The summed E-state index contributed by atoms with van der Waals surface area (Å²) in [4.78, 5) is 23.9. The predicted octanol–water partition coefficient (Wildman–Crippen LogP) is 3.77. The SMILES string of the molecule is CCOc1ccc(C(=O)OCC(=O)N[C@@H](C)c2cccc(Cl)c2)cc1. The first kappa shape index (κ1) is 18.8. The molecule has 2 aromatic rings. The second-order valence-corrected chi connectivity index (χ2v) is 5.81. The minimum absolute atomic E-state index is 0.240. The van der Waals surface area contributed by atoms with Crippen LogP contribution in [0.2, 0.25) is 5.02 Å². The predicted molar refractivity (Wildman–Crippen MR) is 95.9 cm³/mol. The molecule has 0 aromatic heterocycles. The summed E-state index contributed by atoms with van der Waals surface area (Å²) in [7, 11) is 0. The van der Waals surface area contributed by atoms with Crippen LogP contribution in [0.4, 0.5) is 0 Å². The number of amides is 1. The summed E-state index contributed by atoms with van der Waals surface area (Å²) in [5, 5.41) is 3.36. The zero-order valence-electron chi connectivity index (χ0n) is 14.1. The van der Waals surface area contributed by atoms with Gasteiger partial charge < -0.3 is 14.8 Å². The average Bonchev–Trinajstić information content (AvgIpc) is 2.60. The molecule has 5 nitrogen and oxygen atoms in total. The van der Waals surface area contributed by atoms with Crippen molar-refractivity contribution in [2.24, 2.45) is 0 Å². The molecule has 0 aliphatic carbocycles. The first-order chi connectivity index (χ1) is 12.0. The Kier molecular flexibility index (Phi) is 6.83. The summed E-state index contributed by atoms with van der Waals surface area (Å²) in [6.07, 6.45) is 0. The molecule has 1 atom stereocenters. The third kappa shape index (κ3) is 5.80. The first-order valence-electron chi connectivity index (χ1n) is 7.94. The molecule has 132 valence electrons. The molecule has 2 rings (SSSR count). The number of halogens is 1. The van der Waals surface area contributed by atoms with Crippen LogP contribution in [0.1, 0.15) is 35.8 Å². The highest BCUT2D eigenvalue weighted by Crippen LogP contribution is 2.17. The Balaban J connectivity index is 1.83. The quantitative estimate of drug-likeness (QED) is 0.762. The average molecular weight is 362 g/mol. The zero-order valence-corrected chi connectivity index (χ0v) is 14.9. The van der Waals surface area contributed by atoms with Crippen molar-refractivity contribution in [2.45, 2.75) is 19.9 Å². The van der Waals surface area contributed by atoms with Crippen molar-refractivity contribution in [3.8, 4) is 5.75 Å². The summed E-state index contributed by atoms with van der Waals surface area (Å²) in [5.41, 5.74) is 1.23. The van der Waals surface area contributed by atoms with Crippen molar-refractivity contribution < 1.29 is 19.1 Å². The van der Waals surface area contributed by atoms with Crippen LogP contribution in [0.15, 0.2) is 48.5 Å². The summed E-state index contributed by atoms with van der Waals surface area (Å²) in [5.74, 6) is -0.271. The van der Waals surface area contributed by atoms with Crippen LogP contribution in [0, 0.1) is 0 Å². The smallest absolute Gasteiger partial charge is 0.338 e. The number of carbonyl (C=O) groups excluding carboxylic acids is 2. The number of benzene rings is 2. The van der Waals surface area contributed by atoms with E-state index in [0.717, 1.165) is 5.56 Å². The first-order valence-corrected chi connectivity index (χ1v) is 8.32. The fourth-order valence-corrected chi connectivity index (χ4v) is 2.41. The number of ether oxygens (including phenoxy) is 2. The van der Waals surface area contributed by atoms with Gasteiger partial charge in [0, 0.05) is 5.02 Å². The van der Waals surface area contributed by atoms with Gasteiger partial charge in [0.1, 0.15) is 5.75 Å². The van der Waals surface area contributed by atoms with Crippen molar-refractivity contribution >= 4 is 23.5 Å². The highest BCUT2D eigenvalue weighted by Gasteiger charge is 2.13. The van der Waals surface area contributed by atoms with E-state index in [4.69, 9.17) is 21.1 Å². The van der Waals surface area contributed by atoms with Crippen molar-refractivity contribution in [3.63, 3.8) is 0 Å². The third-order valence-corrected chi connectivity index (χ3v) is 3.70. The normalized spacial score (nSPS) is 11.5. The van der Waals surface area contributed by atoms with E-state index in [0.29, 0.717) is 22.9 Å². The maximum atomic E-state index is 12.0. The molecule has 0 aliphatic heterocycles. The lowest BCUT2D eigenvalue weighted by Crippen LogP contribution is -2.31. The lowest BCUT2D eigenvalue weighted by Gasteiger charge is -2.14. The van der Waals surface area contributed by atoms with Crippen LogP contribution in [0.25, 0.3) is 0 Å². The monoisotopic (exact) mass is 361 g/mol. The second kappa shape index (κ2) is 9.08. The van der Waals surface area contributed by atoms with Gasteiger partial charge in [0.2, 0.25) is 0 Å². The Labute approximate surface area is 151 Å². The highest BCUT2D eigenvalue weighted by atomic mass is 35.5. The summed E-state index contributed by atoms with van der Waals surface area (Å²) >= 11 is 5.94. The van der Waals surface area contributed by atoms with Crippen molar-refractivity contribution in [1.82, 2.24) is 5.32 Å². The molecule has 0 heterocycles. The van der Waals surface area contributed by atoms with Gasteiger partial charge in [-0.15, -0.1) is 0 Å². The van der Waals surface area contributed by atoms with Crippen LogP contribution in [0.3, 0.4) is 0 Å². The Morgan fingerprint density at radius 3 is 2.52 bits per heavy atom. The lowest BCUT2D eigenvalue weighted by molar-refractivity contribution is -0.124. The van der Waals surface area contributed by atoms with Gasteiger partial charge in [0.25, 0.3) is 5.91 Å². The maximum absolute atomic E-state index is 12.0. The summed E-state index contributed by atoms with van der Waals surface area (Å²) < 4.78 is 10.3. The fraction of sp³-hybridized carbons (Fsp3) is 0.263. The largest absolute Gasteiger partial charge is 0.494 e. The van der Waals surface area contributed by atoms with Crippen molar-refractivity contribution in [1.29, 1.82) is 0 Å². The van der Waals surface area contributed by atoms with Gasteiger partial charge in [0.15, 0.2) is 6.61 Å². The molecule has 0 radical (unpaired) electrons. The summed E-state index contributed by atoms with van der Waals surface area (Å²) in [6.45, 7) is 3.91. The number of esters is 1.